The molecule has 0 bridgehead atoms. The summed E-state index contributed by atoms with van der Waals surface area (Å²) in [6, 6.07) is 3.48. The Hall–Kier alpha value is -1.00. The molecule has 100 valence electrons. The number of rotatable bonds is 3. The Morgan fingerprint density at radius 2 is 2.33 bits per heavy atom. The van der Waals surface area contributed by atoms with E-state index in [1.54, 1.807) is 6.07 Å². The normalized spacial score (nSPS) is 27.1. The zero-order valence-corrected chi connectivity index (χ0v) is 11.1. The van der Waals surface area contributed by atoms with Gasteiger partial charge >= 0.3 is 0 Å². The van der Waals surface area contributed by atoms with E-state index in [0.717, 1.165) is 25.3 Å². The fourth-order valence-electron chi connectivity index (χ4n) is 2.66. The fraction of sp³-hybridized carbons (Fsp3) is 0.643. The van der Waals surface area contributed by atoms with Crippen LogP contribution in [0.25, 0.3) is 0 Å². The third-order valence-corrected chi connectivity index (χ3v) is 4.17. The molecule has 3 nitrogen and oxygen atoms in total. The van der Waals surface area contributed by atoms with Crippen LogP contribution in [-0.4, -0.2) is 29.5 Å². The molecule has 18 heavy (non-hydrogen) atoms. The van der Waals surface area contributed by atoms with E-state index in [1.807, 2.05) is 0 Å². The molecule has 0 spiro atoms. The van der Waals surface area contributed by atoms with E-state index < -0.39 is 0 Å². The molecule has 0 saturated carbocycles. The molecule has 0 aliphatic carbocycles. The van der Waals surface area contributed by atoms with Gasteiger partial charge in [-0.3, -0.25) is 9.88 Å². The number of pyridine rings is 1. The van der Waals surface area contributed by atoms with Gasteiger partial charge in [0.15, 0.2) is 0 Å². The molecule has 1 aromatic heterocycles. The van der Waals surface area contributed by atoms with Gasteiger partial charge in [-0.05, 0) is 50.4 Å². The van der Waals surface area contributed by atoms with Crippen molar-refractivity contribution in [1.29, 1.82) is 0 Å². The highest BCUT2D eigenvalue weighted by atomic mass is 19.1. The summed E-state index contributed by atoms with van der Waals surface area (Å²) in [5.74, 6) is 0.972. The topological polar surface area (TPSA) is 42.2 Å². The average molecular weight is 251 g/mol. The Balaban J connectivity index is 2.05. The number of hydrogen-bond acceptors (Lipinski definition) is 3. The van der Waals surface area contributed by atoms with Crippen molar-refractivity contribution < 1.29 is 4.39 Å². The van der Waals surface area contributed by atoms with Crippen LogP contribution in [0.3, 0.4) is 0 Å². The lowest BCUT2D eigenvalue weighted by molar-refractivity contribution is 0.0961. The number of likely N-dealkylation sites (tertiary alicyclic amines) is 1. The summed E-state index contributed by atoms with van der Waals surface area (Å²) in [6.45, 7) is 7.22. The van der Waals surface area contributed by atoms with E-state index >= 15 is 0 Å². The second kappa shape index (κ2) is 5.76. The molecule has 2 N–H and O–H groups in total. The van der Waals surface area contributed by atoms with E-state index in [0.29, 0.717) is 11.8 Å². The van der Waals surface area contributed by atoms with Gasteiger partial charge in [0.1, 0.15) is 5.82 Å². The van der Waals surface area contributed by atoms with Crippen LogP contribution in [0.1, 0.15) is 32.0 Å². The number of nitrogens with zero attached hydrogens (tertiary/aromatic N) is 2. The Morgan fingerprint density at radius 1 is 1.56 bits per heavy atom. The third kappa shape index (κ3) is 2.87. The van der Waals surface area contributed by atoms with Crippen molar-refractivity contribution in [3.8, 4) is 0 Å². The molecule has 0 radical (unpaired) electrons. The maximum Gasteiger partial charge on any atom is 0.141 e. The Kier molecular flexibility index (Phi) is 4.30. The average Bonchev–Trinajstić information content (AvgIpc) is 2.39. The second-order valence-corrected chi connectivity index (χ2v) is 5.33. The van der Waals surface area contributed by atoms with Crippen molar-refractivity contribution in [2.45, 2.75) is 26.3 Å². The van der Waals surface area contributed by atoms with Crippen LogP contribution in [-0.2, 0) is 0 Å². The summed E-state index contributed by atoms with van der Waals surface area (Å²) in [7, 11) is 0. The molecule has 2 rings (SSSR count). The SMILES string of the molecule is CC1CCN(C(C)c2ccc(F)cn2)CC1CN. The van der Waals surface area contributed by atoms with Crippen LogP contribution in [0.15, 0.2) is 18.3 Å². The zero-order chi connectivity index (χ0) is 13.1. The fourth-order valence-corrected chi connectivity index (χ4v) is 2.66. The number of aromatic nitrogens is 1. The highest BCUT2D eigenvalue weighted by Gasteiger charge is 2.28. The van der Waals surface area contributed by atoms with E-state index in [1.165, 1.54) is 18.7 Å². The predicted octanol–water partition coefficient (Wildman–Crippen LogP) is 2.20. The van der Waals surface area contributed by atoms with E-state index in [2.05, 4.69) is 23.7 Å². The van der Waals surface area contributed by atoms with Crippen molar-refractivity contribution >= 4 is 0 Å². The Morgan fingerprint density at radius 3 is 2.94 bits per heavy atom. The van der Waals surface area contributed by atoms with E-state index in [4.69, 9.17) is 5.73 Å². The first kappa shape index (κ1) is 13.4. The lowest BCUT2D eigenvalue weighted by Gasteiger charge is -2.39. The quantitative estimate of drug-likeness (QED) is 0.895. The monoisotopic (exact) mass is 251 g/mol. The molecule has 4 heteroatoms. The number of halogens is 1. The van der Waals surface area contributed by atoms with Crippen molar-refractivity contribution in [3.63, 3.8) is 0 Å². The number of hydrogen-bond donors (Lipinski definition) is 1. The van der Waals surface area contributed by atoms with Crippen molar-refractivity contribution in [3.05, 3.63) is 29.8 Å². The lowest BCUT2D eigenvalue weighted by Crippen LogP contribution is -2.43. The van der Waals surface area contributed by atoms with E-state index in [9.17, 15) is 4.39 Å². The third-order valence-electron chi connectivity index (χ3n) is 4.17. The van der Waals surface area contributed by atoms with Gasteiger partial charge in [0.05, 0.1) is 11.9 Å². The smallest absolute Gasteiger partial charge is 0.141 e. The molecular formula is C14H22FN3. The Labute approximate surface area is 108 Å². The highest BCUT2D eigenvalue weighted by molar-refractivity contribution is 5.09. The van der Waals surface area contributed by atoms with Gasteiger partial charge in [-0.25, -0.2) is 4.39 Å². The summed E-state index contributed by atoms with van der Waals surface area (Å²) < 4.78 is 12.9. The first-order chi connectivity index (χ1) is 8.61. The lowest BCUT2D eigenvalue weighted by atomic mass is 9.86. The van der Waals surface area contributed by atoms with Crippen LogP contribution in [0.2, 0.25) is 0 Å². The second-order valence-electron chi connectivity index (χ2n) is 5.33. The summed E-state index contributed by atoms with van der Waals surface area (Å²) in [5.41, 5.74) is 6.75. The molecular weight excluding hydrogens is 229 g/mol. The zero-order valence-electron chi connectivity index (χ0n) is 11.1. The predicted molar refractivity (Wildman–Crippen MR) is 70.5 cm³/mol. The van der Waals surface area contributed by atoms with Crippen molar-refractivity contribution in [1.82, 2.24) is 9.88 Å². The number of piperidine rings is 1. The van der Waals surface area contributed by atoms with Crippen molar-refractivity contribution in [2.24, 2.45) is 17.6 Å². The Bertz CT molecular complexity index is 379. The summed E-state index contributed by atoms with van der Waals surface area (Å²) >= 11 is 0. The standard InChI is InChI=1S/C14H22FN3/c1-10-5-6-18(9-12(10)7-16)11(2)14-4-3-13(15)8-17-14/h3-4,8,10-12H,5-7,9,16H2,1-2H3. The molecule has 1 aliphatic heterocycles. The highest BCUT2D eigenvalue weighted by Crippen LogP contribution is 2.28. The first-order valence-electron chi connectivity index (χ1n) is 6.67. The van der Waals surface area contributed by atoms with Crippen LogP contribution in [0, 0.1) is 17.7 Å². The molecule has 1 saturated heterocycles. The van der Waals surface area contributed by atoms with Crippen molar-refractivity contribution in [2.75, 3.05) is 19.6 Å². The molecule has 1 aromatic rings. The maximum absolute atomic E-state index is 12.9. The minimum Gasteiger partial charge on any atom is -0.330 e. The van der Waals surface area contributed by atoms with Crippen LogP contribution in [0.5, 0.6) is 0 Å². The van der Waals surface area contributed by atoms with Gasteiger partial charge < -0.3 is 5.73 Å². The summed E-state index contributed by atoms with van der Waals surface area (Å²) in [6.07, 6.45) is 2.46. The van der Waals surface area contributed by atoms with Gasteiger partial charge in [-0.15, -0.1) is 0 Å². The van der Waals surface area contributed by atoms with Crippen LogP contribution in [0.4, 0.5) is 4.39 Å². The molecule has 1 fully saturated rings. The van der Waals surface area contributed by atoms with Gasteiger partial charge in [0, 0.05) is 12.6 Å². The summed E-state index contributed by atoms with van der Waals surface area (Å²) in [4.78, 5) is 6.58. The van der Waals surface area contributed by atoms with Gasteiger partial charge in [-0.1, -0.05) is 6.92 Å². The van der Waals surface area contributed by atoms with Gasteiger partial charge in [0.25, 0.3) is 0 Å². The molecule has 3 atom stereocenters. The minimum absolute atomic E-state index is 0.229. The minimum atomic E-state index is -0.280. The number of nitrogens with two attached hydrogens (primary N) is 1. The largest absolute Gasteiger partial charge is 0.330 e. The van der Waals surface area contributed by atoms with Gasteiger partial charge in [-0.2, -0.15) is 0 Å². The molecule has 0 aromatic carbocycles. The first-order valence-corrected chi connectivity index (χ1v) is 6.67. The molecule has 2 heterocycles. The molecule has 3 unspecified atom stereocenters. The van der Waals surface area contributed by atoms with Gasteiger partial charge in [0.2, 0.25) is 0 Å². The van der Waals surface area contributed by atoms with Crippen LogP contribution < -0.4 is 5.73 Å². The molecule has 0 amide bonds. The van der Waals surface area contributed by atoms with E-state index in [-0.39, 0.29) is 11.9 Å². The summed E-state index contributed by atoms with van der Waals surface area (Å²) in [5, 5.41) is 0. The molecule has 1 aliphatic rings. The van der Waals surface area contributed by atoms with Crippen LogP contribution >= 0.6 is 0 Å². The maximum atomic E-state index is 12.9.